The summed E-state index contributed by atoms with van der Waals surface area (Å²) in [5, 5.41) is 7.40. The molecule has 5 heterocycles. The van der Waals surface area contributed by atoms with E-state index in [-0.39, 0.29) is 177 Å². The van der Waals surface area contributed by atoms with Gasteiger partial charge >= 0.3 is 0 Å². The molecule has 21 nitrogen and oxygen atoms in total. The highest BCUT2D eigenvalue weighted by Crippen LogP contribution is 2.23. The van der Waals surface area contributed by atoms with E-state index in [1.807, 2.05) is 269 Å². The van der Waals surface area contributed by atoms with Crippen molar-refractivity contribution in [2.75, 3.05) is 0 Å². The molecule has 726 valence electrons. The van der Waals surface area contributed by atoms with Crippen molar-refractivity contribution in [3.05, 3.63) is 454 Å². The Hall–Kier alpha value is -16.0. The Morgan fingerprint density at radius 1 is 0.176 bits per heavy atom. The fourth-order valence-electron chi connectivity index (χ4n) is 14.0. The molecule has 0 fully saturated rings. The molecule has 0 saturated heterocycles. The lowest BCUT2D eigenvalue weighted by molar-refractivity contribution is 0.0912. The van der Waals surface area contributed by atoms with Gasteiger partial charge < -0.3 is 0 Å². The summed E-state index contributed by atoms with van der Waals surface area (Å²) in [6, 6.07) is 71.4. The van der Waals surface area contributed by atoms with E-state index in [1.165, 1.54) is 42.1 Å². The molecule has 14 rings (SSSR count). The third-order valence-corrected chi connectivity index (χ3v) is 24.2. The van der Waals surface area contributed by atoms with Gasteiger partial charge in [-0.25, -0.2) is 9.97 Å². The van der Waals surface area contributed by atoms with Crippen LogP contribution in [0.25, 0.3) is 0 Å². The maximum absolute atomic E-state index is 12.2. The van der Waals surface area contributed by atoms with Gasteiger partial charge in [-0.05, 0) is 292 Å². The maximum atomic E-state index is 12.2. The van der Waals surface area contributed by atoms with Crippen LogP contribution in [0.5, 0.6) is 0 Å². The normalized spacial score (nSPS) is 10.3. The lowest BCUT2D eigenvalue weighted by Crippen LogP contribution is -2.08. The van der Waals surface area contributed by atoms with Gasteiger partial charge in [0, 0.05) is 201 Å². The van der Waals surface area contributed by atoms with Crippen molar-refractivity contribution in [1.82, 2.24) is 35.1 Å². The summed E-state index contributed by atoms with van der Waals surface area (Å²) in [5.74, 6) is -0.330. The zero-order valence-corrected chi connectivity index (χ0v) is 83.9. The zero-order chi connectivity index (χ0) is 103. The molecule has 0 unspecified atom stereocenters. The molecule has 21 heteroatoms. The lowest BCUT2D eigenvalue weighted by atomic mass is 9.98. The van der Waals surface area contributed by atoms with Crippen LogP contribution in [0.1, 0.15) is 324 Å². The molecule has 0 radical (unpaired) electrons. The summed E-state index contributed by atoms with van der Waals surface area (Å²) in [7, 11) is 0. The smallest absolute Gasteiger partial charge is 0.200 e. The van der Waals surface area contributed by atoms with E-state index < -0.39 is 0 Å². The van der Waals surface area contributed by atoms with E-state index in [4.69, 9.17) is 0 Å². The minimum atomic E-state index is -0.206. The van der Waals surface area contributed by atoms with E-state index in [0.29, 0.717) is 72.6 Å². The molecule has 0 spiro atoms. The van der Waals surface area contributed by atoms with Gasteiger partial charge in [-0.15, -0.1) is 5.10 Å². The number of benzene rings is 9. The third kappa shape index (κ3) is 36.7. The number of pyridine rings is 3. The summed E-state index contributed by atoms with van der Waals surface area (Å²) in [4.78, 5) is 188. The van der Waals surface area contributed by atoms with Crippen LogP contribution < -0.4 is 0 Å². The number of Topliss-reactive ketones (excluding diaryl/α,β-unsaturated/α-hetero) is 14. The standard InChI is InChI=1S/2C19H20O2.3C17H17NO2.2C16H16N2O2/c1-13-4-7-16(8-5-13)18(20)10-11-19(21)17-9-6-14(2)15(3)12-17;1-13-5-4-6-16(11-13)18(20)9-10-19(21)17-8-7-14(2)15(3)12-17;2*1-12-5-6-14(10-13(12)2)16(19)7-8-17(20)15-4-3-9-18-11-15;1-12-6-7-14(11-13(12)2)16(19)8-9-17(20)15-5-3-4-10-18-15;1-11-4-5-13(10-12(11)2)14(19)6-7-15(20)16-17-8-3-9-18-16;1-11-5-6-13(10-12(11)2)15(19)7-8-16(20)14-4-3-9-17-18-14/h4-9,12H,10-11H2,1-3H3;4-8,11-12H,9-10H2,1-3H3;2*3-6,9-11H,7-8H2,1-2H3;3-7,10-11H,8-9H2,1-2H3;3-5,8-10H,6-7H2,1-2H3;3-6,9-10H,7-8H2,1-2H3. The number of aryl methyl sites for hydroxylation is 16. The molecule has 0 amide bonds. The molecule has 9 aromatic carbocycles. The van der Waals surface area contributed by atoms with Crippen molar-refractivity contribution in [2.24, 2.45) is 0 Å². The average Bonchev–Trinajstić information content (AvgIpc) is 0.871. The number of carbonyl (C=O) groups is 14. The lowest BCUT2D eigenvalue weighted by Gasteiger charge is -2.05. The Bertz CT molecular complexity index is 6150. The van der Waals surface area contributed by atoms with Crippen LogP contribution in [0, 0.1) is 111 Å². The second-order valence-corrected chi connectivity index (χ2v) is 35.1. The number of rotatable bonds is 35. The van der Waals surface area contributed by atoms with E-state index in [9.17, 15) is 67.1 Å². The SMILES string of the molecule is Cc1ccc(C(=O)CCC(=O)c2ccc(C)c(C)c2)cc1.Cc1ccc(C(=O)CCC(=O)c2ccccn2)cc1C.Cc1ccc(C(=O)CCC(=O)c2cccnc2)cc1C.Cc1ccc(C(=O)CCC(=O)c2cccnc2)cc1C.Cc1ccc(C(=O)CCC(=O)c2cccnn2)cc1C.Cc1ccc(C(=O)CCC(=O)c2ncccn2)cc1C.Cc1cccc(C(=O)CCC(=O)c2ccc(C)c(C)c2)c1. The minimum Gasteiger partial charge on any atom is -0.294 e. The van der Waals surface area contributed by atoms with Crippen LogP contribution in [0.15, 0.2) is 286 Å². The molecule has 142 heavy (non-hydrogen) atoms. The third-order valence-electron chi connectivity index (χ3n) is 24.2. The highest BCUT2D eigenvalue weighted by Gasteiger charge is 2.21. The molecule has 0 aliphatic rings. The van der Waals surface area contributed by atoms with Crippen molar-refractivity contribution < 1.29 is 67.1 Å². The monoisotopic (exact) mass is 1900 g/mol. The fraction of sp³-hybridized carbons (Fsp3) is 0.248. The molecular weight excluding hydrogens is 1780 g/mol. The first-order chi connectivity index (χ1) is 67.8. The van der Waals surface area contributed by atoms with Gasteiger partial charge in [0.05, 0.1) is 0 Å². The van der Waals surface area contributed by atoms with Crippen molar-refractivity contribution in [3.63, 3.8) is 0 Å². The molecule has 0 saturated carbocycles. The van der Waals surface area contributed by atoms with E-state index in [1.54, 1.807) is 97.5 Å². The fourth-order valence-corrected chi connectivity index (χ4v) is 14.0. The molecule has 0 aliphatic heterocycles. The van der Waals surface area contributed by atoms with Crippen LogP contribution >= 0.6 is 0 Å². The summed E-state index contributed by atoms with van der Waals surface area (Å²) in [6.07, 6.45) is 15.5. The van der Waals surface area contributed by atoms with Gasteiger partial charge in [0.15, 0.2) is 86.8 Å². The average molecular weight is 1900 g/mol. The van der Waals surface area contributed by atoms with Gasteiger partial charge in [-0.1, -0.05) is 145 Å². The highest BCUT2D eigenvalue weighted by molar-refractivity contribution is 6.07. The molecule has 0 N–H and O–H groups in total. The summed E-state index contributed by atoms with van der Waals surface area (Å²) >= 11 is 0. The summed E-state index contributed by atoms with van der Waals surface area (Å²) in [5.41, 5.74) is 25.8. The number of hydrogen-bond donors (Lipinski definition) is 0. The Labute approximate surface area is 832 Å². The number of hydrogen-bond acceptors (Lipinski definition) is 21. The largest absolute Gasteiger partial charge is 0.294 e. The second kappa shape index (κ2) is 56.7. The first-order valence-electron chi connectivity index (χ1n) is 47.2. The van der Waals surface area contributed by atoms with Crippen molar-refractivity contribution >= 4 is 81.0 Å². The number of ketones is 14. The van der Waals surface area contributed by atoms with E-state index in [2.05, 4.69) is 35.1 Å². The first-order valence-corrected chi connectivity index (χ1v) is 47.2. The van der Waals surface area contributed by atoms with Crippen molar-refractivity contribution in [2.45, 2.75) is 201 Å². The number of nitrogens with zero attached hydrogens (tertiary/aromatic N) is 7. The Morgan fingerprint density at radius 2 is 0.430 bits per heavy atom. The van der Waals surface area contributed by atoms with Crippen LogP contribution in [0.3, 0.4) is 0 Å². The van der Waals surface area contributed by atoms with Crippen LogP contribution in [-0.2, 0) is 0 Å². The maximum Gasteiger partial charge on any atom is 0.200 e. The summed E-state index contributed by atoms with van der Waals surface area (Å²) < 4.78 is 0. The predicted octanol–water partition coefficient (Wildman–Crippen LogP) is 25.4. The van der Waals surface area contributed by atoms with Gasteiger partial charge in [0.2, 0.25) is 0 Å². The second-order valence-electron chi connectivity index (χ2n) is 35.1. The zero-order valence-electron chi connectivity index (χ0n) is 83.9. The first kappa shape index (κ1) is 111. The Balaban J connectivity index is 0.000000203. The molecule has 5 aromatic heterocycles. The molecule has 0 aliphatic carbocycles. The number of carbonyl (C=O) groups excluding carboxylic acids is 14. The van der Waals surface area contributed by atoms with Gasteiger partial charge in [0.25, 0.3) is 0 Å². The van der Waals surface area contributed by atoms with Gasteiger partial charge in [-0.3, -0.25) is 82.1 Å². The van der Waals surface area contributed by atoms with Crippen LogP contribution in [0.2, 0.25) is 0 Å². The van der Waals surface area contributed by atoms with Gasteiger partial charge in [0.1, 0.15) is 11.4 Å². The topological polar surface area (TPSA) is 329 Å². The molecule has 0 atom stereocenters. The van der Waals surface area contributed by atoms with E-state index >= 15 is 0 Å². The van der Waals surface area contributed by atoms with Crippen LogP contribution in [0.4, 0.5) is 0 Å². The van der Waals surface area contributed by atoms with Crippen molar-refractivity contribution in [3.8, 4) is 0 Å². The minimum absolute atomic E-state index is 0.00242. The predicted molar refractivity (Wildman–Crippen MR) is 556 cm³/mol. The van der Waals surface area contributed by atoms with E-state index in [0.717, 1.165) is 77.9 Å². The molecule has 0 bridgehead atoms. The quantitative estimate of drug-likeness (QED) is 0.0333. The molecule has 14 aromatic rings. The van der Waals surface area contributed by atoms with Gasteiger partial charge in [-0.2, -0.15) is 5.10 Å². The van der Waals surface area contributed by atoms with Crippen molar-refractivity contribution in [1.29, 1.82) is 0 Å². The summed E-state index contributed by atoms with van der Waals surface area (Å²) in [6.45, 7) is 31.9. The Kier molecular flexibility index (Phi) is 44.5. The number of aromatic nitrogens is 7. The van der Waals surface area contributed by atoms with Crippen LogP contribution in [-0.4, -0.2) is 116 Å². The molecular formula is C121H123N7O14. The highest BCUT2D eigenvalue weighted by atomic mass is 16.2. The Morgan fingerprint density at radius 3 is 0.704 bits per heavy atom.